The summed E-state index contributed by atoms with van der Waals surface area (Å²) in [6.45, 7) is 2.28. The van der Waals surface area contributed by atoms with E-state index in [1.165, 1.54) is 0 Å². The maximum absolute atomic E-state index is 13.2. The van der Waals surface area contributed by atoms with E-state index in [0.717, 1.165) is 28.4 Å². The van der Waals surface area contributed by atoms with Crippen molar-refractivity contribution in [3.05, 3.63) is 59.1 Å². The highest BCUT2D eigenvalue weighted by atomic mass is 32.2. The third-order valence-corrected chi connectivity index (χ3v) is 5.92. The molecule has 0 aliphatic carbocycles. The summed E-state index contributed by atoms with van der Waals surface area (Å²) in [5, 5.41) is 6.41. The predicted molar refractivity (Wildman–Crippen MR) is 91.8 cm³/mol. The number of hydrogen-bond acceptors (Lipinski definition) is 4. The van der Waals surface area contributed by atoms with Crippen LogP contribution in [-0.2, 0) is 16.6 Å². The summed E-state index contributed by atoms with van der Waals surface area (Å²) < 4.78 is 54.5. The van der Waals surface area contributed by atoms with E-state index in [9.17, 15) is 17.2 Å². The van der Waals surface area contributed by atoms with Crippen LogP contribution in [-0.4, -0.2) is 24.7 Å². The summed E-state index contributed by atoms with van der Waals surface area (Å²) in [5.74, 6) is -2.29. The molecule has 9 heteroatoms. The molecule has 2 aromatic heterocycles. The molecule has 0 saturated heterocycles. The van der Waals surface area contributed by atoms with Crippen LogP contribution in [0.15, 0.2) is 46.7 Å². The Morgan fingerprint density at radius 1 is 1.20 bits per heavy atom. The second kappa shape index (κ2) is 7.03. The van der Waals surface area contributed by atoms with Crippen molar-refractivity contribution in [2.45, 2.75) is 18.4 Å². The molecule has 1 N–H and O–H groups in total. The molecule has 0 radical (unpaired) electrons. The molecule has 0 bridgehead atoms. The average Bonchev–Trinajstić information content (AvgIpc) is 3.20. The highest BCUT2D eigenvalue weighted by molar-refractivity contribution is 7.89. The molecule has 25 heavy (non-hydrogen) atoms. The van der Waals surface area contributed by atoms with Gasteiger partial charge in [0.25, 0.3) is 0 Å². The number of aryl methyl sites for hydroxylation is 1. The van der Waals surface area contributed by atoms with E-state index in [-0.39, 0.29) is 11.4 Å². The number of nitrogens with zero attached hydrogens (tertiary/aromatic N) is 2. The lowest BCUT2D eigenvalue weighted by molar-refractivity contribution is 0.503. The lowest BCUT2D eigenvalue weighted by Gasteiger charge is -2.08. The number of hydrogen-bond donors (Lipinski definition) is 1. The van der Waals surface area contributed by atoms with Crippen molar-refractivity contribution >= 4 is 21.4 Å². The Kier molecular flexibility index (Phi) is 4.98. The predicted octanol–water partition coefficient (Wildman–Crippen LogP) is 3.18. The van der Waals surface area contributed by atoms with Crippen molar-refractivity contribution in [1.82, 2.24) is 14.5 Å². The lowest BCUT2D eigenvalue weighted by atomic mass is 10.3. The molecule has 132 valence electrons. The van der Waals surface area contributed by atoms with Crippen molar-refractivity contribution in [1.29, 1.82) is 0 Å². The number of nitrogens with one attached hydrogen (secondary N) is 1. The van der Waals surface area contributed by atoms with Crippen LogP contribution in [0.4, 0.5) is 8.78 Å². The second-order valence-corrected chi connectivity index (χ2v) is 8.06. The Morgan fingerprint density at radius 3 is 2.68 bits per heavy atom. The van der Waals surface area contributed by atoms with E-state index in [1.807, 2.05) is 30.5 Å². The smallest absolute Gasteiger partial charge is 0.240 e. The summed E-state index contributed by atoms with van der Waals surface area (Å²) >= 11 is 1.57. The van der Waals surface area contributed by atoms with E-state index >= 15 is 0 Å². The van der Waals surface area contributed by atoms with E-state index in [2.05, 4.69) is 9.82 Å². The maximum Gasteiger partial charge on any atom is 0.240 e. The van der Waals surface area contributed by atoms with Gasteiger partial charge in [0.15, 0.2) is 11.6 Å². The van der Waals surface area contributed by atoms with Gasteiger partial charge in [-0.25, -0.2) is 21.9 Å². The Morgan fingerprint density at radius 2 is 2.00 bits per heavy atom. The summed E-state index contributed by atoms with van der Waals surface area (Å²) in [5.41, 5.74) is 1.73. The van der Waals surface area contributed by atoms with Crippen LogP contribution in [0.2, 0.25) is 0 Å². The average molecular weight is 383 g/mol. The zero-order chi connectivity index (χ0) is 18.0. The first-order valence-corrected chi connectivity index (χ1v) is 9.76. The van der Waals surface area contributed by atoms with Crippen LogP contribution in [0.1, 0.15) is 5.69 Å². The number of halogens is 2. The molecule has 5 nitrogen and oxygen atoms in total. The molecule has 0 saturated carbocycles. The molecule has 0 atom stereocenters. The number of aromatic nitrogens is 2. The Labute approximate surface area is 148 Å². The van der Waals surface area contributed by atoms with Gasteiger partial charge in [0, 0.05) is 12.2 Å². The van der Waals surface area contributed by atoms with Gasteiger partial charge < -0.3 is 0 Å². The topological polar surface area (TPSA) is 64.0 Å². The van der Waals surface area contributed by atoms with Gasteiger partial charge in [-0.15, -0.1) is 11.3 Å². The first-order chi connectivity index (χ1) is 11.9. The fourth-order valence-electron chi connectivity index (χ4n) is 2.29. The normalized spacial score (nSPS) is 11.8. The molecule has 1 aromatic carbocycles. The second-order valence-electron chi connectivity index (χ2n) is 5.35. The van der Waals surface area contributed by atoms with Crippen LogP contribution >= 0.6 is 11.3 Å². The highest BCUT2D eigenvalue weighted by Gasteiger charge is 2.16. The minimum absolute atomic E-state index is 0.0771. The largest absolute Gasteiger partial charge is 0.268 e. The number of benzene rings is 1. The van der Waals surface area contributed by atoms with Crippen molar-refractivity contribution < 1.29 is 17.2 Å². The van der Waals surface area contributed by atoms with Crippen LogP contribution in [0.5, 0.6) is 0 Å². The minimum Gasteiger partial charge on any atom is -0.268 e. The molecule has 0 fully saturated rings. The molecule has 0 aliphatic heterocycles. The van der Waals surface area contributed by atoms with Gasteiger partial charge in [0.05, 0.1) is 16.3 Å². The molecule has 2 heterocycles. The van der Waals surface area contributed by atoms with Gasteiger partial charge in [-0.1, -0.05) is 6.07 Å². The van der Waals surface area contributed by atoms with Gasteiger partial charge in [-0.3, -0.25) is 4.68 Å². The van der Waals surface area contributed by atoms with Crippen LogP contribution in [0.3, 0.4) is 0 Å². The first kappa shape index (κ1) is 17.7. The van der Waals surface area contributed by atoms with E-state index in [4.69, 9.17) is 0 Å². The summed E-state index contributed by atoms with van der Waals surface area (Å²) in [6.07, 6.45) is 0. The summed E-state index contributed by atoms with van der Waals surface area (Å²) in [7, 11) is -3.91. The number of rotatable bonds is 6. The van der Waals surface area contributed by atoms with Crippen LogP contribution in [0.25, 0.3) is 10.6 Å². The zero-order valence-corrected chi connectivity index (χ0v) is 14.9. The Bertz CT molecular complexity index is 983. The molecular weight excluding hydrogens is 368 g/mol. The fraction of sp³-hybridized carbons (Fsp3) is 0.188. The standard InChI is InChI=1S/C16H15F2N3O2S2/c1-11-9-15(16-3-2-8-24-16)20-21(11)7-6-19-25(22,23)12-4-5-13(17)14(18)10-12/h2-5,8-10,19H,6-7H2,1H3. The summed E-state index contributed by atoms with van der Waals surface area (Å²) in [6, 6.07) is 8.29. The minimum atomic E-state index is -3.91. The molecule has 0 aliphatic rings. The SMILES string of the molecule is Cc1cc(-c2cccs2)nn1CCNS(=O)(=O)c1ccc(F)c(F)c1. The van der Waals surface area contributed by atoms with Crippen molar-refractivity contribution in [2.24, 2.45) is 0 Å². The van der Waals surface area contributed by atoms with Gasteiger partial charge in [-0.05, 0) is 42.6 Å². The van der Waals surface area contributed by atoms with Gasteiger partial charge in [-0.2, -0.15) is 5.10 Å². The molecule has 0 amide bonds. The quantitative estimate of drug-likeness (QED) is 0.711. The van der Waals surface area contributed by atoms with Gasteiger partial charge in [0.1, 0.15) is 5.69 Å². The number of thiophene rings is 1. The Balaban J connectivity index is 1.67. The van der Waals surface area contributed by atoms with E-state index < -0.39 is 21.7 Å². The third-order valence-electron chi connectivity index (χ3n) is 3.57. The lowest BCUT2D eigenvalue weighted by Crippen LogP contribution is -2.28. The van der Waals surface area contributed by atoms with Gasteiger partial charge >= 0.3 is 0 Å². The number of sulfonamides is 1. The van der Waals surface area contributed by atoms with E-state index in [0.29, 0.717) is 12.6 Å². The third kappa shape index (κ3) is 3.94. The molecule has 3 rings (SSSR count). The molecule has 0 unspecified atom stereocenters. The fourth-order valence-corrected chi connectivity index (χ4v) is 4.01. The van der Waals surface area contributed by atoms with Crippen molar-refractivity contribution in [3.63, 3.8) is 0 Å². The molecular formula is C16H15F2N3O2S2. The molecule has 3 aromatic rings. The van der Waals surface area contributed by atoms with Crippen molar-refractivity contribution in [2.75, 3.05) is 6.54 Å². The zero-order valence-electron chi connectivity index (χ0n) is 13.2. The maximum atomic E-state index is 13.2. The first-order valence-electron chi connectivity index (χ1n) is 7.40. The highest BCUT2D eigenvalue weighted by Crippen LogP contribution is 2.23. The van der Waals surface area contributed by atoms with Crippen molar-refractivity contribution in [3.8, 4) is 10.6 Å². The Hall–Kier alpha value is -2.10. The van der Waals surface area contributed by atoms with Gasteiger partial charge in [0.2, 0.25) is 10.0 Å². The van der Waals surface area contributed by atoms with Crippen LogP contribution < -0.4 is 4.72 Å². The van der Waals surface area contributed by atoms with E-state index in [1.54, 1.807) is 16.0 Å². The monoisotopic (exact) mass is 383 g/mol. The molecule has 0 spiro atoms. The van der Waals surface area contributed by atoms with Crippen LogP contribution in [0, 0.1) is 18.6 Å². The summed E-state index contributed by atoms with van der Waals surface area (Å²) in [4.78, 5) is 0.715.